The Hall–Kier alpha value is -0.220. The first kappa shape index (κ1) is 14.8. The smallest absolute Gasteiger partial charge is 0.224 e. The van der Waals surface area contributed by atoms with Gasteiger partial charge in [0.05, 0.1) is 0 Å². The number of carbonyl (C=O) groups excluding carboxylic acids is 1. The summed E-state index contributed by atoms with van der Waals surface area (Å²) in [5.74, 6) is 1.19. The molecule has 0 aromatic rings. The molecule has 1 aliphatic rings. The largest absolute Gasteiger partial charge is 0.342 e. The van der Waals surface area contributed by atoms with Crippen molar-refractivity contribution in [2.24, 2.45) is 5.73 Å². The van der Waals surface area contributed by atoms with Crippen molar-refractivity contribution < 1.29 is 4.79 Å². The van der Waals surface area contributed by atoms with Crippen LogP contribution >= 0.6 is 11.8 Å². The van der Waals surface area contributed by atoms with Gasteiger partial charge in [-0.2, -0.15) is 11.8 Å². The third-order valence-electron chi connectivity index (χ3n) is 3.82. The molecule has 0 bridgehead atoms. The summed E-state index contributed by atoms with van der Waals surface area (Å²) in [5.41, 5.74) is 6.09. The lowest BCUT2D eigenvalue weighted by molar-refractivity contribution is -0.132. The Morgan fingerprint density at radius 3 is 2.53 bits per heavy atom. The number of thioether (sulfide) groups is 1. The molecule has 0 spiro atoms. The van der Waals surface area contributed by atoms with Crippen LogP contribution in [0.15, 0.2) is 0 Å². The molecular formula is C13H26N2OS. The van der Waals surface area contributed by atoms with Gasteiger partial charge in [0.25, 0.3) is 0 Å². The van der Waals surface area contributed by atoms with Crippen LogP contribution in [-0.4, -0.2) is 41.4 Å². The lowest BCUT2D eigenvalue weighted by atomic mass is 9.80. The summed E-state index contributed by atoms with van der Waals surface area (Å²) in [5, 5.41) is 0. The van der Waals surface area contributed by atoms with Gasteiger partial charge in [-0.3, -0.25) is 4.79 Å². The second kappa shape index (κ2) is 6.64. The van der Waals surface area contributed by atoms with Gasteiger partial charge in [-0.05, 0) is 26.0 Å². The molecule has 1 unspecified atom stereocenters. The number of hydrogen-bond donors (Lipinski definition) is 1. The highest BCUT2D eigenvalue weighted by atomic mass is 32.2. The fourth-order valence-corrected chi connectivity index (χ4v) is 3.16. The van der Waals surface area contributed by atoms with Crippen LogP contribution in [0, 0.1) is 0 Å². The fourth-order valence-electron chi connectivity index (χ4n) is 2.46. The number of hydrogen-bond acceptors (Lipinski definition) is 3. The standard InChI is InChI=1S/C13H26N2OS/c1-11(10-17-3)15(2)12(16)9-13(14)7-5-4-6-8-13/h11H,4-10,14H2,1-3H3. The van der Waals surface area contributed by atoms with E-state index in [0.717, 1.165) is 18.6 Å². The van der Waals surface area contributed by atoms with E-state index in [1.165, 1.54) is 19.3 Å². The minimum absolute atomic E-state index is 0.205. The molecule has 1 atom stereocenters. The van der Waals surface area contributed by atoms with Gasteiger partial charge in [0.2, 0.25) is 5.91 Å². The summed E-state index contributed by atoms with van der Waals surface area (Å²) in [6.45, 7) is 2.10. The van der Waals surface area contributed by atoms with Crippen molar-refractivity contribution >= 4 is 17.7 Å². The van der Waals surface area contributed by atoms with Crippen LogP contribution in [0.5, 0.6) is 0 Å². The number of amides is 1. The number of nitrogens with zero attached hydrogens (tertiary/aromatic N) is 1. The summed E-state index contributed by atoms with van der Waals surface area (Å²) < 4.78 is 0. The SMILES string of the molecule is CSCC(C)N(C)C(=O)CC1(N)CCCCC1. The Balaban J connectivity index is 2.46. The van der Waals surface area contributed by atoms with E-state index < -0.39 is 0 Å². The second-order valence-corrected chi connectivity index (χ2v) is 6.32. The molecule has 0 saturated heterocycles. The van der Waals surface area contributed by atoms with Crippen molar-refractivity contribution in [3.8, 4) is 0 Å². The molecule has 1 rings (SSSR count). The molecule has 0 aromatic heterocycles. The molecule has 100 valence electrons. The zero-order chi connectivity index (χ0) is 12.9. The maximum absolute atomic E-state index is 12.2. The van der Waals surface area contributed by atoms with E-state index in [2.05, 4.69) is 13.2 Å². The normalized spacial score (nSPS) is 20.9. The Morgan fingerprint density at radius 1 is 1.41 bits per heavy atom. The van der Waals surface area contributed by atoms with Gasteiger partial charge in [0.15, 0.2) is 0 Å². The van der Waals surface area contributed by atoms with Crippen LogP contribution in [0.2, 0.25) is 0 Å². The van der Waals surface area contributed by atoms with Crippen LogP contribution in [-0.2, 0) is 4.79 Å². The van der Waals surface area contributed by atoms with E-state index in [-0.39, 0.29) is 11.4 Å². The first-order valence-electron chi connectivity index (χ1n) is 6.52. The lowest BCUT2D eigenvalue weighted by Gasteiger charge is -2.35. The van der Waals surface area contributed by atoms with E-state index in [4.69, 9.17) is 5.73 Å². The highest BCUT2D eigenvalue weighted by Crippen LogP contribution is 2.29. The third kappa shape index (κ3) is 4.51. The maximum atomic E-state index is 12.2. The van der Waals surface area contributed by atoms with Crippen molar-refractivity contribution in [3.63, 3.8) is 0 Å². The van der Waals surface area contributed by atoms with Gasteiger partial charge < -0.3 is 10.6 Å². The van der Waals surface area contributed by atoms with Crippen LogP contribution in [0.3, 0.4) is 0 Å². The van der Waals surface area contributed by atoms with Crippen molar-refractivity contribution in [1.82, 2.24) is 4.90 Å². The number of carbonyl (C=O) groups is 1. The molecule has 1 aliphatic carbocycles. The topological polar surface area (TPSA) is 46.3 Å². The Kier molecular flexibility index (Phi) is 5.80. The predicted octanol–water partition coefficient (Wildman–Crippen LogP) is 2.25. The average Bonchev–Trinajstić information content (AvgIpc) is 2.28. The minimum atomic E-state index is -0.233. The molecule has 2 N–H and O–H groups in total. The second-order valence-electron chi connectivity index (χ2n) is 5.41. The number of nitrogens with two attached hydrogens (primary N) is 1. The molecular weight excluding hydrogens is 232 g/mol. The molecule has 0 radical (unpaired) electrons. The zero-order valence-electron chi connectivity index (χ0n) is 11.4. The Labute approximate surface area is 109 Å². The summed E-state index contributed by atoms with van der Waals surface area (Å²) >= 11 is 1.78. The lowest BCUT2D eigenvalue weighted by Crippen LogP contribution is -2.48. The molecule has 1 amide bonds. The van der Waals surface area contributed by atoms with E-state index in [9.17, 15) is 4.79 Å². The Morgan fingerprint density at radius 2 is 2.00 bits per heavy atom. The third-order valence-corrected chi connectivity index (χ3v) is 4.63. The van der Waals surface area contributed by atoms with Crippen LogP contribution in [0.25, 0.3) is 0 Å². The van der Waals surface area contributed by atoms with Gasteiger partial charge in [0.1, 0.15) is 0 Å². The molecule has 3 nitrogen and oxygen atoms in total. The zero-order valence-corrected chi connectivity index (χ0v) is 12.2. The molecule has 17 heavy (non-hydrogen) atoms. The van der Waals surface area contributed by atoms with E-state index in [1.54, 1.807) is 11.8 Å². The molecule has 0 aromatic carbocycles. The first-order chi connectivity index (χ1) is 7.98. The van der Waals surface area contributed by atoms with Gasteiger partial charge >= 0.3 is 0 Å². The van der Waals surface area contributed by atoms with Crippen LogP contribution in [0.1, 0.15) is 45.4 Å². The first-order valence-corrected chi connectivity index (χ1v) is 7.91. The monoisotopic (exact) mass is 258 g/mol. The molecule has 0 aliphatic heterocycles. The molecule has 0 heterocycles. The fraction of sp³-hybridized carbons (Fsp3) is 0.923. The summed E-state index contributed by atoms with van der Waals surface area (Å²) in [6, 6.07) is 0.296. The molecule has 4 heteroatoms. The van der Waals surface area contributed by atoms with E-state index in [1.807, 2.05) is 11.9 Å². The van der Waals surface area contributed by atoms with Crippen molar-refractivity contribution in [2.75, 3.05) is 19.1 Å². The molecule has 1 fully saturated rings. The summed E-state index contributed by atoms with van der Waals surface area (Å²) in [4.78, 5) is 14.0. The van der Waals surface area contributed by atoms with Gasteiger partial charge in [-0.25, -0.2) is 0 Å². The minimum Gasteiger partial charge on any atom is -0.342 e. The summed E-state index contributed by atoms with van der Waals surface area (Å²) in [7, 11) is 1.90. The Bertz CT molecular complexity index is 252. The average molecular weight is 258 g/mol. The highest BCUT2D eigenvalue weighted by Gasteiger charge is 2.31. The predicted molar refractivity (Wildman–Crippen MR) is 75.2 cm³/mol. The summed E-state index contributed by atoms with van der Waals surface area (Å²) in [6.07, 6.45) is 8.21. The maximum Gasteiger partial charge on any atom is 0.224 e. The van der Waals surface area contributed by atoms with Crippen molar-refractivity contribution in [3.05, 3.63) is 0 Å². The van der Waals surface area contributed by atoms with Crippen molar-refractivity contribution in [1.29, 1.82) is 0 Å². The van der Waals surface area contributed by atoms with Gasteiger partial charge in [-0.1, -0.05) is 19.3 Å². The van der Waals surface area contributed by atoms with E-state index in [0.29, 0.717) is 12.5 Å². The number of rotatable bonds is 5. The molecule has 1 saturated carbocycles. The highest BCUT2D eigenvalue weighted by molar-refractivity contribution is 7.98. The van der Waals surface area contributed by atoms with Crippen LogP contribution < -0.4 is 5.73 Å². The van der Waals surface area contributed by atoms with Gasteiger partial charge in [-0.15, -0.1) is 0 Å². The van der Waals surface area contributed by atoms with Crippen LogP contribution in [0.4, 0.5) is 0 Å². The van der Waals surface area contributed by atoms with E-state index >= 15 is 0 Å². The quantitative estimate of drug-likeness (QED) is 0.822. The van der Waals surface area contributed by atoms with Crippen molar-refractivity contribution in [2.45, 2.75) is 57.0 Å². The van der Waals surface area contributed by atoms with Gasteiger partial charge in [0, 0.05) is 30.8 Å².